The van der Waals surface area contributed by atoms with Gasteiger partial charge in [0.05, 0.1) is 12.3 Å². The van der Waals surface area contributed by atoms with Crippen LogP contribution < -0.4 is 4.74 Å². The lowest BCUT2D eigenvalue weighted by atomic mass is 10.1. The van der Waals surface area contributed by atoms with E-state index in [0.717, 1.165) is 0 Å². The Morgan fingerprint density at radius 2 is 1.86 bits per heavy atom. The number of hydrogen-bond donors (Lipinski definition) is 3. The van der Waals surface area contributed by atoms with Gasteiger partial charge in [-0.2, -0.15) is 0 Å². The molecule has 0 aromatic carbocycles. The Balaban J connectivity index is 1.76. The number of nitrogens with zero attached hydrogens (tertiary/aromatic N) is 3. The summed E-state index contributed by atoms with van der Waals surface area (Å²) < 4.78 is 5.67. The fraction of sp³-hybridized carbons (Fsp3) is 0.357. The van der Waals surface area contributed by atoms with Crippen LogP contribution >= 0.6 is 11.8 Å². The zero-order valence-electron chi connectivity index (χ0n) is 11.5. The van der Waals surface area contributed by atoms with E-state index in [9.17, 15) is 15.3 Å². The second-order valence-corrected chi connectivity index (χ2v) is 5.98. The summed E-state index contributed by atoms with van der Waals surface area (Å²) in [5, 5.41) is 29.2. The molecule has 3 N–H and O–H groups in total. The number of pyridine rings is 1. The highest BCUT2D eigenvalue weighted by molar-refractivity contribution is 7.99. The molecule has 0 unspecified atom stereocenters. The molecule has 22 heavy (non-hydrogen) atoms. The molecular weight excluding hydrogens is 306 g/mol. The van der Waals surface area contributed by atoms with Crippen LogP contribution in [0.25, 0.3) is 11.4 Å². The summed E-state index contributed by atoms with van der Waals surface area (Å²) in [5.74, 6) is 1.25. The van der Waals surface area contributed by atoms with Crippen molar-refractivity contribution >= 4 is 11.8 Å². The highest BCUT2D eigenvalue weighted by Gasteiger charge is 2.38. The van der Waals surface area contributed by atoms with Gasteiger partial charge in [-0.3, -0.25) is 4.98 Å². The van der Waals surface area contributed by atoms with E-state index in [1.807, 2.05) is 0 Å². The van der Waals surface area contributed by atoms with Crippen molar-refractivity contribution in [3.8, 4) is 17.1 Å². The van der Waals surface area contributed by atoms with E-state index in [0.29, 0.717) is 17.1 Å². The number of thioether (sulfide) groups is 1. The van der Waals surface area contributed by atoms with Gasteiger partial charge in [-0.1, -0.05) is 0 Å². The third-order valence-electron chi connectivity index (χ3n) is 3.24. The van der Waals surface area contributed by atoms with Crippen LogP contribution in [0, 0.1) is 0 Å². The van der Waals surface area contributed by atoms with Gasteiger partial charge in [0.1, 0.15) is 18.0 Å². The third kappa shape index (κ3) is 3.20. The second-order valence-electron chi connectivity index (χ2n) is 4.85. The molecule has 1 aliphatic rings. The maximum atomic E-state index is 9.95. The molecule has 2 aromatic rings. The van der Waals surface area contributed by atoms with Crippen LogP contribution in [0.3, 0.4) is 0 Å². The average Bonchev–Trinajstić information content (AvgIpc) is 2.57. The van der Waals surface area contributed by atoms with Gasteiger partial charge in [-0.05, 0) is 12.1 Å². The standard InChI is InChI=1S/C14H15N3O4S/c18-10-7-22-14(12(20)11(10)19)21-9-4-8(5-15-6-9)13-16-2-1-3-17-13/h1-6,10-12,14,18-20H,7H2/t10-,11+,12-,14-/m1/s1. The van der Waals surface area contributed by atoms with Gasteiger partial charge >= 0.3 is 0 Å². The number of rotatable bonds is 3. The van der Waals surface area contributed by atoms with Crippen molar-refractivity contribution in [1.82, 2.24) is 15.0 Å². The lowest BCUT2D eigenvalue weighted by molar-refractivity contribution is -0.0786. The Kier molecular flexibility index (Phi) is 4.53. The van der Waals surface area contributed by atoms with Crippen LogP contribution in [0.2, 0.25) is 0 Å². The molecule has 0 spiro atoms. The van der Waals surface area contributed by atoms with E-state index in [-0.39, 0.29) is 5.75 Å². The summed E-state index contributed by atoms with van der Waals surface area (Å²) in [6.07, 6.45) is 3.04. The third-order valence-corrected chi connectivity index (χ3v) is 4.48. The van der Waals surface area contributed by atoms with Crippen molar-refractivity contribution in [3.05, 3.63) is 36.9 Å². The minimum Gasteiger partial charge on any atom is -0.475 e. The molecule has 0 saturated carbocycles. The summed E-state index contributed by atoms with van der Waals surface area (Å²) in [4.78, 5) is 12.4. The van der Waals surface area contributed by atoms with Crippen LogP contribution in [0.4, 0.5) is 0 Å². The number of ether oxygens (including phenoxy) is 1. The summed E-state index contributed by atoms with van der Waals surface area (Å²) in [6.45, 7) is 0. The Bertz CT molecular complexity index is 630. The van der Waals surface area contributed by atoms with E-state index in [4.69, 9.17) is 4.74 Å². The lowest BCUT2D eigenvalue weighted by Gasteiger charge is -2.34. The van der Waals surface area contributed by atoms with Crippen LogP contribution in [-0.4, -0.2) is 59.8 Å². The van der Waals surface area contributed by atoms with Crippen LogP contribution in [0.1, 0.15) is 0 Å². The maximum absolute atomic E-state index is 9.95. The molecule has 1 fully saturated rings. The predicted octanol–water partition coefficient (Wildman–Crippen LogP) is 0.0730. The van der Waals surface area contributed by atoms with Crippen molar-refractivity contribution in [1.29, 1.82) is 0 Å². The molecule has 3 rings (SSSR count). The van der Waals surface area contributed by atoms with E-state index in [2.05, 4.69) is 15.0 Å². The first-order valence-corrected chi connectivity index (χ1v) is 7.75. The topological polar surface area (TPSA) is 109 Å². The molecule has 3 heterocycles. The average molecular weight is 321 g/mol. The molecule has 7 nitrogen and oxygen atoms in total. The van der Waals surface area contributed by atoms with Gasteiger partial charge in [0, 0.05) is 29.9 Å². The van der Waals surface area contributed by atoms with Crippen molar-refractivity contribution in [2.75, 3.05) is 5.75 Å². The summed E-state index contributed by atoms with van der Waals surface area (Å²) in [7, 11) is 0. The van der Waals surface area contributed by atoms with Gasteiger partial charge in [0.25, 0.3) is 0 Å². The first-order chi connectivity index (χ1) is 10.6. The SMILES string of the molecule is O[C@@H]1[C@@H](O)[C@H](Oc2cncc(-c3ncccn3)c2)SC[C@H]1O. The Morgan fingerprint density at radius 3 is 2.64 bits per heavy atom. The van der Waals surface area contributed by atoms with E-state index >= 15 is 0 Å². The minimum atomic E-state index is -1.22. The minimum absolute atomic E-state index is 0.289. The molecule has 1 aliphatic heterocycles. The van der Waals surface area contributed by atoms with E-state index in [1.165, 1.54) is 18.0 Å². The molecule has 0 aliphatic carbocycles. The van der Waals surface area contributed by atoms with Crippen molar-refractivity contribution in [2.24, 2.45) is 0 Å². The molecule has 0 amide bonds. The van der Waals surface area contributed by atoms with Crippen LogP contribution in [-0.2, 0) is 0 Å². The van der Waals surface area contributed by atoms with Gasteiger partial charge < -0.3 is 20.1 Å². The number of aliphatic hydroxyl groups excluding tert-OH is 3. The highest BCUT2D eigenvalue weighted by atomic mass is 32.2. The molecular formula is C14H15N3O4S. The maximum Gasteiger partial charge on any atom is 0.173 e. The second kappa shape index (κ2) is 6.57. The molecule has 0 bridgehead atoms. The predicted molar refractivity (Wildman–Crippen MR) is 80.2 cm³/mol. The summed E-state index contributed by atoms with van der Waals surface area (Å²) >= 11 is 1.24. The molecule has 2 aromatic heterocycles. The Labute approximate surface area is 131 Å². The molecule has 0 radical (unpaired) electrons. The van der Waals surface area contributed by atoms with Gasteiger partial charge in [0.15, 0.2) is 11.3 Å². The smallest absolute Gasteiger partial charge is 0.173 e. The first-order valence-electron chi connectivity index (χ1n) is 6.70. The van der Waals surface area contributed by atoms with E-state index < -0.39 is 23.7 Å². The molecule has 4 atom stereocenters. The van der Waals surface area contributed by atoms with Crippen molar-refractivity contribution in [3.63, 3.8) is 0 Å². The normalized spacial score (nSPS) is 28.3. The van der Waals surface area contributed by atoms with Gasteiger partial charge in [0.2, 0.25) is 0 Å². The number of aromatic nitrogens is 3. The molecule has 8 heteroatoms. The van der Waals surface area contributed by atoms with Gasteiger partial charge in [-0.15, -0.1) is 11.8 Å². The fourth-order valence-corrected chi connectivity index (χ4v) is 3.19. The Morgan fingerprint density at radius 1 is 1.09 bits per heavy atom. The van der Waals surface area contributed by atoms with Crippen molar-refractivity contribution < 1.29 is 20.1 Å². The molecule has 1 saturated heterocycles. The first kappa shape index (κ1) is 15.2. The quantitative estimate of drug-likeness (QED) is 0.729. The number of hydrogen-bond acceptors (Lipinski definition) is 8. The largest absolute Gasteiger partial charge is 0.475 e. The van der Waals surface area contributed by atoms with E-state index in [1.54, 1.807) is 30.7 Å². The zero-order valence-corrected chi connectivity index (χ0v) is 12.3. The lowest BCUT2D eigenvalue weighted by Crippen LogP contribution is -2.50. The summed E-state index contributed by atoms with van der Waals surface area (Å²) in [6, 6.07) is 3.44. The molecule has 116 valence electrons. The summed E-state index contributed by atoms with van der Waals surface area (Å²) in [5.41, 5.74) is 0.0149. The highest BCUT2D eigenvalue weighted by Crippen LogP contribution is 2.30. The number of aliphatic hydroxyl groups is 3. The zero-order chi connectivity index (χ0) is 15.5. The van der Waals surface area contributed by atoms with Crippen LogP contribution in [0.5, 0.6) is 5.75 Å². The fourth-order valence-electron chi connectivity index (χ4n) is 2.07. The van der Waals surface area contributed by atoms with Gasteiger partial charge in [-0.25, -0.2) is 9.97 Å². The van der Waals surface area contributed by atoms with Crippen LogP contribution in [0.15, 0.2) is 36.9 Å². The van der Waals surface area contributed by atoms with Crippen molar-refractivity contribution in [2.45, 2.75) is 23.7 Å². The Hall–Kier alpha value is -1.74. The monoisotopic (exact) mass is 321 g/mol.